The number of para-hydroxylation sites is 1. The maximum atomic E-state index is 13.1. The number of piperidine rings is 3. The number of fused-ring (bicyclic) bond motifs is 4. The lowest BCUT2D eigenvalue weighted by molar-refractivity contribution is -0.124. The molecule has 5 heterocycles. The van der Waals surface area contributed by atoms with Crippen molar-refractivity contribution in [3.05, 3.63) is 54.7 Å². The third-order valence-electron chi connectivity index (χ3n) is 7.23. The summed E-state index contributed by atoms with van der Waals surface area (Å²) in [5.74, 6) is 1.37. The highest BCUT2D eigenvalue weighted by molar-refractivity contribution is 5.85. The van der Waals surface area contributed by atoms with Crippen LogP contribution in [0.5, 0.6) is 0 Å². The van der Waals surface area contributed by atoms with E-state index in [0.29, 0.717) is 17.9 Å². The molecule has 29 heavy (non-hydrogen) atoms. The highest BCUT2D eigenvalue weighted by Crippen LogP contribution is 2.42. The van der Waals surface area contributed by atoms with E-state index >= 15 is 0 Å². The minimum atomic E-state index is -0.0673. The summed E-state index contributed by atoms with van der Waals surface area (Å²) in [6.45, 7) is 7.15. The van der Waals surface area contributed by atoms with Crippen LogP contribution >= 0.6 is 0 Å². The molecule has 4 saturated heterocycles. The number of aromatic nitrogens is 1. The van der Waals surface area contributed by atoms with Gasteiger partial charge in [-0.15, -0.1) is 6.58 Å². The van der Waals surface area contributed by atoms with E-state index in [1.807, 2.05) is 12.3 Å². The molecule has 2 N–H and O–H groups in total. The predicted octanol–water partition coefficient (Wildman–Crippen LogP) is 3.04. The van der Waals surface area contributed by atoms with Gasteiger partial charge in [0.15, 0.2) is 0 Å². The number of carbonyl (C=O) groups excluding carboxylic acids is 1. The van der Waals surface area contributed by atoms with E-state index in [2.05, 4.69) is 57.4 Å². The van der Waals surface area contributed by atoms with Gasteiger partial charge in [0.25, 0.3) is 0 Å². The Kier molecular flexibility index (Phi) is 5.10. The molecule has 6 atom stereocenters. The first-order valence-corrected chi connectivity index (χ1v) is 11.0. The lowest BCUT2D eigenvalue weighted by atomic mass is 9.73. The number of benzene rings is 1. The van der Waals surface area contributed by atoms with Gasteiger partial charge in [0.1, 0.15) is 0 Å². The number of carbonyl (C=O) groups is 1. The minimum Gasteiger partial charge on any atom is -0.346 e. The molecule has 1 aromatic heterocycles. The number of rotatable bonds is 5. The highest BCUT2D eigenvalue weighted by Gasteiger charge is 2.43. The maximum Gasteiger partial charge on any atom is 0.237 e. The number of hydrogen-bond donors (Lipinski definition) is 2. The Bertz CT molecular complexity index is 901. The number of pyridine rings is 1. The molecule has 1 amide bonds. The third-order valence-corrected chi connectivity index (χ3v) is 7.23. The lowest BCUT2D eigenvalue weighted by Crippen LogP contribution is -2.58. The zero-order valence-electron chi connectivity index (χ0n) is 16.9. The number of hydrogen-bond acceptors (Lipinski definition) is 4. The molecular formula is C24H30N4O. The summed E-state index contributed by atoms with van der Waals surface area (Å²) in [5, 5.41) is 7.95. The molecule has 5 heteroatoms. The number of nitrogens with zero attached hydrogens (tertiary/aromatic N) is 2. The molecule has 152 valence electrons. The first-order chi connectivity index (χ1) is 14.2. The average Bonchev–Trinajstić information content (AvgIpc) is 3.32. The quantitative estimate of drug-likeness (QED) is 0.771. The second-order valence-electron chi connectivity index (χ2n) is 8.80. The SMILES string of the molecule is C=C[C@H]1CN2CC[C@H]1C[C@H]2[C@@H](NC(=O)[C@@H]1CCCN1)c1ccnc2ccccc12. The molecule has 4 aliphatic heterocycles. The topological polar surface area (TPSA) is 57.3 Å². The molecule has 2 aromatic rings. The van der Waals surface area contributed by atoms with Crippen molar-refractivity contribution in [3.63, 3.8) is 0 Å². The molecule has 4 fully saturated rings. The summed E-state index contributed by atoms with van der Waals surface area (Å²) in [7, 11) is 0. The van der Waals surface area contributed by atoms with E-state index < -0.39 is 0 Å². The highest BCUT2D eigenvalue weighted by atomic mass is 16.2. The van der Waals surface area contributed by atoms with Crippen molar-refractivity contribution in [1.82, 2.24) is 20.5 Å². The summed E-state index contributed by atoms with van der Waals surface area (Å²) in [5.41, 5.74) is 2.18. The molecule has 2 bridgehead atoms. The predicted molar refractivity (Wildman–Crippen MR) is 115 cm³/mol. The summed E-state index contributed by atoms with van der Waals surface area (Å²) in [4.78, 5) is 20.2. The van der Waals surface area contributed by atoms with Gasteiger partial charge in [0.2, 0.25) is 5.91 Å². The summed E-state index contributed by atoms with van der Waals surface area (Å²) >= 11 is 0. The molecule has 5 nitrogen and oxygen atoms in total. The van der Waals surface area contributed by atoms with E-state index in [1.165, 1.54) is 12.0 Å². The van der Waals surface area contributed by atoms with Crippen LogP contribution in [0.25, 0.3) is 10.9 Å². The van der Waals surface area contributed by atoms with Crippen LogP contribution in [0.15, 0.2) is 49.2 Å². The molecule has 4 aliphatic rings. The van der Waals surface area contributed by atoms with Gasteiger partial charge < -0.3 is 10.6 Å². The van der Waals surface area contributed by atoms with Crippen LogP contribution in [-0.2, 0) is 4.79 Å². The van der Waals surface area contributed by atoms with E-state index in [-0.39, 0.29) is 18.0 Å². The van der Waals surface area contributed by atoms with Crippen molar-refractivity contribution in [3.8, 4) is 0 Å². The first-order valence-electron chi connectivity index (χ1n) is 11.0. The Balaban J connectivity index is 1.51. The van der Waals surface area contributed by atoms with Gasteiger partial charge >= 0.3 is 0 Å². The van der Waals surface area contributed by atoms with Gasteiger partial charge in [0.05, 0.1) is 17.6 Å². The van der Waals surface area contributed by atoms with Crippen molar-refractivity contribution >= 4 is 16.8 Å². The molecule has 1 unspecified atom stereocenters. The van der Waals surface area contributed by atoms with Crippen LogP contribution in [0.3, 0.4) is 0 Å². The van der Waals surface area contributed by atoms with Crippen LogP contribution in [0.2, 0.25) is 0 Å². The molecule has 0 radical (unpaired) electrons. The smallest absolute Gasteiger partial charge is 0.237 e. The number of amides is 1. The van der Waals surface area contributed by atoms with E-state index in [1.54, 1.807) is 0 Å². The summed E-state index contributed by atoms with van der Waals surface area (Å²) in [6.07, 6.45) is 8.34. The molecule has 1 aromatic carbocycles. The Morgan fingerprint density at radius 3 is 2.97 bits per heavy atom. The molecule has 0 saturated carbocycles. The van der Waals surface area contributed by atoms with Crippen LogP contribution < -0.4 is 10.6 Å². The lowest BCUT2D eigenvalue weighted by Gasteiger charge is -2.51. The molecule has 0 spiro atoms. The monoisotopic (exact) mass is 390 g/mol. The second-order valence-corrected chi connectivity index (χ2v) is 8.80. The molecular weight excluding hydrogens is 360 g/mol. The van der Waals surface area contributed by atoms with Gasteiger partial charge in [0, 0.05) is 24.2 Å². The van der Waals surface area contributed by atoms with Gasteiger partial charge in [-0.1, -0.05) is 24.3 Å². The average molecular weight is 391 g/mol. The third kappa shape index (κ3) is 3.47. The largest absolute Gasteiger partial charge is 0.346 e. The van der Waals surface area contributed by atoms with Crippen molar-refractivity contribution in [1.29, 1.82) is 0 Å². The van der Waals surface area contributed by atoms with Crippen LogP contribution in [0.4, 0.5) is 0 Å². The normalized spacial score (nSPS) is 32.2. The first kappa shape index (κ1) is 18.8. The standard InChI is InChI=1S/C24H30N4O/c1-2-16-15-28-13-10-17(16)14-22(28)23(27-24(29)21-8-5-11-25-21)19-9-12-26-20-7-4-3-6-18(19)20/h2-4,6-7,9,12,16-17,21-23,25H,1,5,8,10-11,13-15H2,(H,27,29)/t16-,17-,21-,22-,23-/m0/s1. The molecule has 0 aliphatic carbocycles. The van der Waals surface area contributed by atoms with Crippen molar-refractivity contribution in [2.24, 2.45) is 11.8 Å². The fourth-order valence-electron chi connectivity index (χ4n) is 5.66. The Labute approximate surface area is 172 Å². The Hall–Kier alpha value is -2.24. The van der Waals surface area contributed by atoms with E-state index in [0.717, 1.165) is 49.8 Å². The van der Waals surface area contributed by atoms with E-state index in [4.69, 9.17) is 0 Å². The fraction of sp³-hybridized carbons (Fsp3) is 0.500. The zero-order valence-corrected chi connectivity index (χ0v) is 16.9. The Morgan fingerprint density at radius 1 is 1.31 bits per heavy atom. The summed E-state index contributed by atoms with van der Waals surface area (Å²) in [6, 6.07) is 10.6. The minimum absolute atomic E-state index is 0.0219. The van der Waals surface area contributed by atoms with Crippen molar-refractivity contribution in [2.75, 3.05) is 19.6 Å². The van der Waals surface area contributed by atoms with Crippen LogP contribution in [-0.4, -0.2) is 47.5 Å². The van der Waals surface area contributed by atoms with Crippen molar-refractivity contribution < 1.29 is 4.79 Å². The van der Waals surface area contributed by atoms with Gasteiger partial charge in [-0.2, -0.15) is 0 Å². The number of nitrogens with one attached hydrogen (secondary N) is 2. The second kappa shape index (κ2) is 7.88. The van der Waals surface area contributed by atoms with Crippen LogP contribution in [0.1, 0.15) is 37.3 Å². The maximum absolute atomic E-state index is 13.1. The Morgan fingerprint density at radius 2 is 2.21 bits per heavy atom. The fourth-order valence-corrected chi connectivity index (χ4v) is 5.66. The van der Waals surface area contributed by atoms with Gasteiger partial charge in [-0.3, -0.25) is 14.7 Å². The molecule has 6 rings (SSSR count). The van der Waals surface area contributed by atoms with Crippen LogP contribution in [0, 0.1) is 11.8 Å². The van der Waals surface area contributed by atoms with Crippen molar-refractivity contribution in [2.45, 2.75) is 43.8 Å². The summed E-state index contributed by atoms with van der Waals surface area (Å²) < 4.78 is 0. The van der Waals surface area contributed by atoms with Gasteiger partial charge in [-0.05, 0) is 68.3 Å². The van der Waals surface area contributed by atoms with Gasteiger partial charge in [-0.25, -0.2) is 0 Å². The van der Waals surface area contributed by atoms with E-state index in [9.17, 15) is 4.79 Å². The zero-order chi connectivity index (χ0) is 19.8.